The normalized spacial score (nSPS) is 11.2. The topological polar surface area (TPSA) is 100 Å². The summed E-state index contributed by atoms with van der Waals surface area (Å²) < 4.78 is 1.02. The molecule has 204 valence electrons. The summed E-state index contributed by atoms with van der Waals surface area (Å²) in [6, 6.07) is 31.3. The number of amides is 3. The van der Waals surface area contributed by atoms with E-state index in [-0.39, 0.29) is 23.3 Å². The van der Waals surface area contributed by atoms with Gasteiger partial charge in [0.05, 0.1) is 16.0 Å². The minimum Gasteiger partial charge on any atom is -0.321 e. The van der Waals surface area contributed by atoms with Gasteiger partial charge >= 0.3 is 0 Å². The molecule has 0 saturated heterocycles. The lowest BCUT2D eigenvalue weighted by Gasteiger charge is -2.12. The molecule has 0 spiro atoms. The number of carbonyl (C=O) groups is 3. The number of thiazole rings is 1. The fourth-order valence-electron chi connectivity index (χ4n) is 3.83. The molecule has 5 rings (SSSR count). The van der Waals surface area contributed by atoms with Gasteiger partial charge in [-0.15, -0.1) is 11.8 Å². The van der Waals surface area contributed by atoms with E-state index in [0.29, 0.717) is 16.4 Å². The molecular formula is C32H26N4O3S2. The quantitative estimate of drug-likeness (QED) is 0.133. The second-order valence-electron chi connectivity index (χ2n) is 9.09. The molecule has 7 nitrogen and oxygen atoms in total. The Balaban J connectivity index is 1.21. The van der Waals surface area contributed by atoms with Crippen molar-refractivity contribution in [3.8, 4) is 0 Å². The number of carbonyl (C=O) groups excluding carboxylic acids is 3. The summed E-state index contributed by atoms with van der Waals surface area (Å²) in [5, 5.41) is 9.02. The van der Waals surface area contributed by atoms with Crippen LogP contribution in [0.15, 0.2) is 114 Å². The van der Waals surface area contributed by atoms with Gasteiger partial charge in [-0.3, -0.25) is 14.4 Å². The van der Waals surface area contributed by atoms with Crippen LogP contribution in [0.4, 0.5) is 10.8 Å². The Labute approximate surface area is 245 Å². The third-order valence-corrected chi connectivity index (χ3v) is 7.90. The molecule has 0 aliphatic carbocycles. The molecular weight excluding hydrogens is 553 g/mol. The van der Waals surface area contributed by atoms with Crippen molar-refractivity contribution in [1.82, 2.24) is 10.3 Å². The summed E-state index contributed by atoms with van der Waals surface area (Å²) in [6.45, 7) is 1.98. The minimum atomic E-state index is -0.453. The number of thioether (sulfide) groups is 1. The molecule has 3 amide bonds. The average molecular weight is 579 g/mol. The molecule has 0 saturated carbocycles. The largest absolute Gasteiger partial charge is 0.321 e. The first-order chi connectivity index (χ1) is 19.9. The molecule has 0 aliphatic rings. The number of nitrogens with zero attached hydrogens (tertiary/aromatic N) is 1. The number of anilines is 2. The van der Waals surface area contributed by atoms with Gasteiger partial charge in [-0.05, 0) is 67.1 Å². The summed E-state index contributed by atoms with van der Waals surface area (Å²) in [5.41, 5.74) is 3.85. The molecule has 4 aromatic carbocycles. The molecule has 0 unspecified atom stereocenters. The van der Waals surface area contributed by atoms with Gasteiger partial charge in [0.2, 0.25) is 5.91 Å². The molecule has 9 heteroatoms. The third-order valence-electron chi connectivity index (χ3n) is 5.94. The van der Waals surface area contributed by atoms with Gasteiger partial charge in [-0.2, -0.15) is 0 Å². The molecule has 0 fully saturated rings. The maximum absolute atomic E-state index is 13.2. The molecule has 1 heterocycles. The summed E-state index contributed by atoms with van der Waals surface area (Å²) in [4.78, 5) is 43.8. The van der Waals surface area contributed by atoms with Crippen molar-refractivity contribution in [2.75, 3.05) is 16.4 Å². The Morgan fingerprint density at radius 2 is 1.54 bits per heavy atom. The average Bonchev–Trinajstić information content (AvgIpc) is 3.40. The Bertz CT molecular complexity index is 1680. The van der Waals surface area contributed by atoms with E-state index in [9.17, 15) is 14.4 Å². The number of para-hydroxylation sites is 1. The number of hydrogen-bond donors (Lipinski definition) is 3. The van der Waals surface area contributed by atoms with Crippen molar-refractivity contribution in [2.45, 2.75) is 11.8 Å². The van der Waals surface area contributed by atoms with Gasteiger partial charge in [0, 0.05) is 16.1 Å². The van der Waals surface area contributed by atoms with E-state index < -0.39 is 5.91 Å². The second kappa shape index (κ2) is 13.1. The molecule has 41 heavy (non-hydrogen) atoms. The lowest BCUT2D eigenvalue weighted by atomic mass is 10.1. The van der Waals surface area contributed by atoms with Crippen molar-refractivity contribution in [3.05, 3.63) is 126 Å². The monoisotopic (exact) mass is 578 g/mol. The summed E-state index contributed by atoms with van der Waals surface area (Å²) in [6.07, 6.45) is 1.64. The van der Waals surface area contributed by atoms with Crippen LogP contribution >= 0.6 is 23.1 Å². The van der Waals surface area contributed by atoms with Crippen LogP contribution in [0.3, 0.4) is 0 Å². The summed E-state index contributed by atoms with van der Waals surface area (Å²) in [5.74, 6) is -0.761. The summed E-state index contributed by atoms with van der Waals surface area (Å²) >= 11 is 2.82. The summed E-state index contributed by atoms with van der Waals surface area (Å²) in [7, 11) is 0. The van der Waals surface area contributed by atoms with E-state index in [2.05, 4.69) is 20.9 Å². The third kappa shape index (κ3) is 7.69. The van der Waals surface area contributed by atoms with Crippen molar-refractivity contribution >= 4 is 67.9 Å². The van der Waals surface area contributed by atoms with Crippen LogP contribution in [0.5, 0.6) is 0 Å². The number of benzene rings is 4. The maximum atomic E-state index is 13.2. The molecule has 3 N–H and O–H groups in total. The van der Waals surface area contributed by atoms with Crippen molar-refractivity contribution in [1.29, 1.82) is 0 Å². The highest BCUT2D eigenvalue weighted by molar-refractivity contribution is 8.00. The van der Waals surface area contributed by atoms with E-state index in [1.54, 1.807) is 42.5 Å². The second-order valence-corrected chi connectivity index (χ2v) is 11.2. The fourth-order valence-corrected chi connectivity index (χ4v) is 5.42. The van der Waals surface area contributed by atoms with Crippen LogP contribution < -0.4 is 16.0 Å². The zero-order valence-electron chi connectivity index (χ0n) is 22.1. The molecule has 0 atom stereocenters. The fraction of sp³-hybridized carbons (Fsp3) is 0.0625. The number of rotatable bonds is 9. The minimum absolute atomic E-state index is 0.118. The van der Waals surface area contributed by atoms with Gasteiger partial charge in [0.1, 0.15) is 5.70 Å². The van der Waals surface area contributed by atoms with Crippen LogP contribution in [0, 0.1) is 6.92 Å². The van der Waals surface area contributed by atoms with Crippen molar-refractivity contribution < 1.29 is 14.4 Å². The first-order valence-electron chi connectivity index (χ1n) is 12.8. The standard InChI is InChI=1S/C32H26N4O3S2/c1-21-11-13-22(14-12-21)19-27(34-30(38)23-7-3-2-4-8-23)31(39)33-24-15-17-25(18-16-24)40-20-29(37)36-32-35-26-9-5-6-10-28(26)41-32/h2-19H,20H2,1H3,(H,33,39)(H,34,38)(H,35,36,37)/b27-19-. The number of aromatic nitrogens is 1. The smallest absolute Gasteiger partial charge is 0.272 e. The number of fused-ring (bicyclic) bond motifs is 1. The lowest BCUT2D eigenvalue weighted by molar-refractivity contribution is -0.114. The van der Waals surface area contributed by atoms with Gasteiger partial charge < -0.3 is 16.0 Å². The highest BCUT2D eigenvalue weighted by Crippen LogP contribution is 2.26. The van der Waals surface area contributed by atoms with Gasteiger partial charge in [-0.25, -0.2) is 4.98 Å². The van der Waals surface area contributed by atoms with E-state index in [1.165, 1.54) is 23.1 Å². The number of aryl methyl sites for hydroxylation is 1. The van der Waals surface area contributed by atoms with Crippen LogP contribution in [-0.4, -0.2) is 28.5 Å². The van der Waals surface area contributed by atoms with Crippen LogP contribution in [-0.2, 0) is 9.59 Å². The Kier molecular flexibility index (Phi) is 8.88. The predicted octanol–water partition coefficient (Wildman–Crippen LogP) is 6.75. The van der Waals surface area contributed by atoms with Crippen LogP contribution in [0.25, 0.3) is 16.3 Å². The SMILES string of the molecule is Cc1ccc(/C=C(\NC(=O)c2ccccc2)C(=O)Nc2ccc(SCC(=O)Nc3nc4ccccc4s3)cc2)cc1. The lowest BCUT2D eigenvalue weighted by Crippen LogP contribution is -2.30. The highest BCUT2D eigenvalue weighted by atomic mass is 32.2. The molecule has 1 aromatic heterocycles. The maximum Gasteiger partial charge on any atom is 0.272 e. The Hall–Kier alpha value is -4.73. The predicted molar refractivity (Wildman–Crippen MR) is 167 cm³/mol. The first-order valence-corrected chi connectivity index (χ1v) is 14.6. The Morgan fingerprint density at radius 3 is 2.27 bits per heavy atom. The van der Waals surface area contributed by atoms with Crippen LogP contribution in [0.1, 0.15) is 21.5 Å². The van der Waals surface area contributed by atoms with Gasteiger partial charge in [0.15, 0.2) is 5.13 Å². The van der Waals surface area contributed by atoms with E-state index in [4.69, 9.17) is 0 Å². The first kappa shape index (κ1) is 27.8. The van der Waals surface area contributed by atoms with E-state index in [1.807, 2.05) is 73.7 Å². The van der Waals surface area contributed by atoms with Crippen molar-refractivity contribution in [3.63, 3.8) is 0 Å². The van der Waals surface area contributed by atoms with Gasteiger partial charge in [0.25, 0.3) is 11.8 Å². The van der Waals surface area contributed by atoms with Gasteiger partial charge in [-0.1, -0.05) is 71.5 Å². The molecule has 5 aromatic rings. The van der Waals surface area contributed by atoms with Crippen LogP contribution in [0.2, 0.25) is 0 Å². The molecule has 0 aliphatic heterocycles. The highest BCUT2D eigenvalue weighted by Gasteiger charge is 2.15. The van der Waals surface area contributed by atoms with E-state index in [0.717, 1.165) is 26.2 Å². The number of nitrogens with one attached hydrogen (secondary N) is 3. The molecule has 0 radical (unpaired) electrons. The zero-order chi connectivity index (χ0) is 28.6. The molecule has 0 bridgehead atoms. The Morgan fingerprint density at radius 1 is 0.829 bits per heavy atom. The van der Waals surface area contributed by atoms with Crippen molar-refractivity contribution in [2.24, 2.45) is 0 Å². The zero-order valence-corrected chi connectivity index (χ0v) is 23.7. The van der Waals surface area contributed by atoms with E-state index >= 15 is 0 Å². The number of hydrogen-bond acceptors (Lipinski definition) is 6.